The summed E-state index contributed by atoms with van der Waals surface area (Å²) in [6.45, 7) is 5.32. The third-order valence-corrected chi connectivity index (χ3v) is 5.10. The highest BCUT2D eigenvalue weighted by Crippen LogP contribution is 2.30. The van der Waals surface area contributed by atoms with E-state index in [0.29, 0.717) is 50.3 Å². The molecule has 1 aliphatic heterocycles. The first-order chi connectivity index (χ1) is 11.6. The van der Waals surface area contributed by atoms with Crippen LogP contribution in [-0.4, -0.2) is 50.9 Å². The molecule has 2 aliphatic rings. The Morgan fingerprint density at radius 1 is 1.25 bits per heavy atom. The quantitative estimate of drug-likeness (QED) is 0.792. The molecule has 1 aromatic rings. The minimum atomic E-state index is -0.244. The van der Waals surface area contributed by atoms with Crippen LogP contribution in [0.15, 0.2) is 4.42 Å². The summed E-state index contributed by atoms with van der Waals surface area (Å²) in [6, 6.07) is 0.341. The molecule has 0 aromatic carbocycles. The molecule has 2 heterocycles. The Labute approximate surface area is 142 Å². The van der Waals surface area contributed by atoms with Gasteiger partial charge in [0.15, 0.2) is 0 Å². The third-order valence-electron chi connectivity index (χ3n) is 5.10. The number of aryl methyl sites for hydroxylation is 1. The van der Waals surface area contributed by atoms with Gasteiger partial charge in [-0.15, -0.1) is 10.2 Å². The number of likely N-dealkylation sites (tertiary alicyclic amines) is 1. The van der Waals surface area contributed by atoms with Crippen LogP contribution in [0.2, 0.25) is 0 Å². The average molecular weight is 334 g/mol. The Balaban J connectivity index is 1.62. The van der Waals surface area contributed by atoms with Gasteiger partial charge in [0.05, 0.1) is 12.5 Å². The van der Waals surface area contributed by atoms with Crippen molar-refractivity contribution in [2.45, 2.75) is 65.0 Å². The van der Waals surface area contributed by atoms with Crippen molar-refractivity contribution in [3.8, 4) is 0 Å². The molecule has 1 atom stereocenters. The second-order valence-electron chi connectivity index (χ2n) is 6.68. The van der Waals surface area contributed by atoms with Crippen molar-refractivity contribution in [1.29, 1.82) is 0 Å². The highest BCUT2D eigenvalue weighted by Gasteiger charge is 2.40. The minimum Gasteiger partial charge on any atom is -0.423 e. The lowest BCUT2D eigenvalue weighted by atomic mass is 10.1. The first-order valence-corrected chi connectivity index (χ1v) is 9.01. The van der Waals surface area contributed by atoms with E-state index in [4.69, 9.17) is 4.42 Å². The summed E-state index contributed by atoms with van der Waals surface area (Å²) in [5, 5.41) is 7.93. The first-order valence-electron chi connectivity index (χ1n) is 9.01. The van der Waals surface area contributed by atoms with E-state index in [0.717, 1.165) is 12.8 Å². The maximum absolute atomic E-state index is 12.8. The van der Waals surface area contributed by atoms with Crippen molar-refractivity contribution >= 4 is 11.8 Å². The van der Waals surface area contributed by atoms with E-state index in [9.17, 15) is 9.59 Å². The summed E-state index contributed by atoms with van der Waals surface area (Å²) in [5.74, 6) is 0.938. The SMILES string of the molecule is CCc1nnc(CN(CC)C(=O)[C@H]2CC(=O)N(C3CCCC3)C2)o1. The second-order valence-corrected chi connectivity index (χ2v) is 6.68. The molecule has 7 heteroatoms. The number of aromatic nitrogens is 2. The molecule has 7 nitrogen and oxygen atoms in total. The average Bonchev–Trinajstić information content (AvgIpc) is 3.32. The normalized spacial score (nSPS) is 21.7. The molecule has 24 heavy (non-hydrogen) atoms. The second kappa shape index (κ2) is 7.32. The molecule has 0 N–H and O–H groups in total. The smallest absolute Gasteiger partial charge is 0.235 e. The van der Waals surface area contributed by atoms with Crippen molar-refractivity contribution in [3.63, 3.8) is 0 Å². The molecule has 0 spiro atoms. The number of carbonyl (C=O) groups excluding carboxylic acids is 2. The van der Waals surface area contributed by atoms with Gasteiger partial charge in [-0.25, -0.2) is 0 Å². The van der Waals surface area contributed by atoms with E-state index in [1.165, 1.54) is 12.8 Å². The molecule has 1 aliphatic carbocycles. The summed E-state index contributed by atoms with van der Waals surface area (Å²) < 4.78 is 5.51. The van der Waals surface area contributed by atoms with Crippen molar-refractivity contribution in [2.24, 2.45) is 5.92 Å². The molecule has 3 rings (SSSR count). The van der Waals surface area contributed by atoms with Gasteiger partial charge in [0, 0.05) is 32.0 Å². The van der Waals surface area contributed by atoms with E-state index >= 15 is 0 Å². The molecule has 2 fully saturated rings. The topological polar surface area (TPSA) is 79.5 Å². The number of hydrogen-bond donors (Lipinski definition) is 0. The van der Waals surface area contributed by atoms with E-state index in [2.05, 4.69) is 10.2 Å². The molecule has 132 valence electrons. The largest absolute Gasteiger partial charge is 0.423 e. The van der Waals surface area contributed by atoms with Crippen LogP contribution in [0, 0.1) is 5.92 Å². The van der Waals surface area contributed by atoms with Crippen LogP contribution in [0.5, 0.6) is 0 Å². The molecule has 0 unspecified atom stereocenters. The summed E-state index contributed by atoms with van der Waals surface area (Å²) in [7, 11) is 0. The van der Waals surface area contributed by atoms with Gasteiger partial charge in [0.1, 0.15) is 0 Å². The summed E-state index contributed by atoms with van der Waals surface area (Å²) in [4.78, 5) is 28.8. The van der Waals surface area contributed by atoms with E-state index in [-0.39, 0.29) is 17.7 Å². The van der Waals surface area contributed by atoms with Gasteiger partial charge in [0.25, 0.3) is 0 Å². The van der Waals surface area contributed by atoms with Crippen molar-refractivity contribution in [1.82, 2.24) is 20.0 Å². The number of rotatable bonds is 6. The predicted molar refractivity (Wildman–Crippen MR) is 86.8 cm³/mol. The molecule has 1 saturated carbocycles. The van der Waals surface area contributed by atoms with Gasteiger partial charge in [-0.05, 0) is 19.8 Å². The Hall–Kier alpha value is -1.92. The van der Waals surface area contributed by atoms with Crippen LogP contribution < -0.4 is 0 Å². The maximum Gasteiger partial charge on any atom is 0.235 e. The van der Waals surface area contributed by atoms with Gasteiger partial charge < -0.3 is 14.2 Å². The third kappa shape index (κ3) is 3.44. The lowest BCUT2D eigenvalue weighted by molar-refractivity contribution is -0.136. The number of hydrogen-bond acceptors (Lipinski definition) is 5. The molecular formula is C17H26N4O3. The fraction of sp³-hybridized carbons (Fsp3) is 0.765. The van der Waals surface area contributed by atoms with E-state index < -0.39 is 0 Å². The van der Waals surface area contributed by atoms with Crippen molar-refractivity contribution in [3.05, 3.63) is 11.8 Å². The summed E-state index contributed by atoms with van der Waals surface area (Å²) in [5.41, 5.74) is 0. The fourth-order valence-corrected chi connectivity index (χ4v) is 3.73. The summed E-state index contributed by atoms with van der Waals surface area (Å²) >= 11 is 0. The highest BCUT2D eigenvalue weighted by atomic mass is 16.4. The lowest BCUT2D eigenvalue weighted by Crippen LogP contribution is -2.38. The van der Waals surface area contributed by atoms with Crippen LogP contribution in [0.1, 0.15) is 57.7 Å². The highest BCUT2D eigenvalue weighted by molar-refractivity contribution is 5.89. The van der Waals surface area contributed by atoms with E-state index in [1.807, 2.05) is 18.7 Å². The van der Waals surface area contributed by atoms with Gasteiger partial charge in [0.2, 0.25) is 23.6 Å². The standard InChI is InChI=1S/C17H26N4O3/c1-3-14-18-19-15(24-14)11-20(4-2)17(23)12-9-16(22)21(10-12)13-7-5-6-8-13/h12-13H,3-11H2,1-2H3/t12-/m0/s1. The molecule has 0 bridgehead atoms. The molecule has 1 saturated heterocycles. The zero-order valence-corrected chi connectivity index (χ0v) is 14.5. The van der Waals surface area contributed by atoms with Crippen LogP contribution in [0.4, 0.5) is 0 Å². The van der Waals surface area contributed by atoms with Gasteiger partial charge in [-0.3, -0.25) is 9.59 Å². The Morgan fingerprint density at radius 2 is 1.96 bits per heavy atom. The van der Waals surface area contributed by atoms with Crippen molar-refractivity contribution in [2.75, 3.05) is 13.1 Å². The number of nitrogens with zero attached hydrogens (tertiary/aromatic N) is 4. The monoisotopic (exact) mass is 334 g/mol. The number of amides is 2. The van der Waals surface area contributed by atoms with Gasteiger partial charge >= 0.3 is 0 Å². The van der Waals surface area contributed by atoms with Crippen LogP contribution in [0.25, 0.3) is 0 Å². The van der Waals surface area contributed by atoms with Gasteiger partial charge in [-0.2, -0.15) is 0 Å². The van der Waals surface area contributed by atoms with E-state index in [1.54, 1.807) is 4.90 Å². The summed E-state index contributed by atoms with van der Waals surface area (Å²) in [6.07, 6.45) is 5.53. The fourth-order valence-electron chi connectivity index (χ4n) is 3.73. The first kappa shape index (κ1) is 16.9. The predicted octanol–water partition coefficient (Wildman–Crippen LogP) is 1.77. The minimum absolute atomic E-state index is 0.0163. The molecular weight excluding hydrogens is 308 g/mol. The maximum atomic E-state index is 12.8. The zero-order chi connectivity index (χ0) is 17.1. The Kier molecular flexibility index (Phi) is 5.16. The van der Waals surface area contributed by atoms with Crippen LogP contribution in [0.3, 0.4) is 0 Å². The zero-order valence-electron chi connectivity index (χ0n) is 14.5. The Morgan fingerprint density at radius 3 is 2.58 bits per heavy atom. The number of carbonyl (C=O) groups is 2. The van der Waals surface area contributed by atoms with Gasteiger partial charge in [-0.1, -0.05) is 19.8 Å². The molecule has 2 amide bonds. The van der Waals surface area contributed by atoms with Crippen LogP contribution in [-0.2, 0) is 22.6 Å². The Bertz CT molecular complexity index is 594. The molecule has 1 aromatic heterocycles. The lowest BCUT2D eigenvalue weighted by Gasteiger charge is -2.25. The van der Waals surface area contributed by atoms with Crippen LogP contribution >= 0.6 is 0 Å². The molecule has 0 radical (unpaired) electrons. The van der Waals surface area contributed by atoms with Crippen molar-refractivity contribution < 1.29 is 14.0 Å².